The number of methoxy groups -OCH3 is 1. The van der Waals surface area contributed by atoms with E-state index >= 15 is 0 Å². The summed E-state index contributed by atoms with van der Waals surface area (Å²) < 4.78 is 12.0. The lowest BCUT2D eigenvalue weighted by Crippen LogP contribution is -2.09. The monoisotopic (exact) mass is 324 g/mol. The first-order chi connectivity index (χ1) is 11.7. The smallest absolute Gasteiger partial charge is 0.311 e. The van der Waals surface area contributed by atoms with E-state index in [9.17, 15) is 4.79 Å². The molecule has 1 heterocycles. The van der Waals surface area contributed by atoms with Gasteiger partial charge in [-0.2, -0.15) is 0 Å². The fraction of sp³-hybridized carbons (Fsp3) is 0.176. The molecule has 0 radical (unpaired) electrons. The molecule has 0 saturated carbocycles. The van der Waals surface area contributed by atoms with Gasteiger partial charge in [-0.25, -0.2) is 4.68 Å². The van der Waals surface area contributed by atoms with Gasteiger partial charge in [0.25, 0.3) is 0 Å². The Bertz CT molecular complexity index is 801. The molecule has 0 atom stereocenters. The highest BCUT2D eigenvalue weighted by Gasteiger charge is 2.07. The van der Waals surface area contributed by atoms with Crippen LogP contribution in [-0.4, -0.2) is 33.3 Å². The van der Waals surface area contributed by atoms with E-state index in [0.717, 1.165) is 17.0 Å². The number of aryl methyl sites for hydroxylation is 1. The van der Waals surface area contributed by atoms with E-state index < -0.39 is 0 Å². The predicted octanol–water partition coefficient (Wildman–Crippen LogP) is 2.21. The lowest BCUT2D eigenvalue weighted by molar-refractivity contribution is -0.134. The molecule has 2 aromatic carbocycles. The van der Waals surface area contributed by atoms with Crippen molar-refractivity contribution < 1.29 is 14.3 Å². The van der Waals surface area contributed by atoms with Crippen molar-refractivity contribution in [1.29, 1.82) is 0 Å². The van der Waals surface area contributed by atoms with Crippen molar-refractivity contribution >= 4 is 5.97 Å². The molecule has 0 unspecified atom stereocenters. The first-order valence-corrected chi connectivity index (χ1v) is 7.41. The lowest BCUT2D eigenvalue weighted by Gasteiger charge is -2.07. The molecule has 122 valence electrons. The van der Waals surface area contributed by atoms with Crippen molar-refractivity contribution in [2.75, 3.05) is 7.11 Å². The minimum absolute atomic E-state index is 0.292. The number of ether oxygens (including phenoxy) is 2. The zero-order chi connectivity index (χ0) is 16.8. The second-order valence-corrected chi connectivity index (χ2v) is 5.07. The Labute approximate surface area is 138 Å². The van der Waals surface area contributed by atoms with Crippen LogP contribution in [0.2, 0.25) is 0 Å². The van der Waals surface area contributed by atoms with Crippen molar-refractivity contribution in [3.63, 3.8) is 0 Å². The summed E-state index contributed by atoms with van der Waals surface area (Å²) in [5, 5.41) is 11.0. The summed E-state index contributed by atoms with van der Waals surface area (Å²) in [4.78, 5) is 12.0. The Morgan fingerprint density at radius 2 is 1.96 bits per heavy atom. The molecule has 0 spiro atoms. The number of nitrogens with zero attached hydrogens (tertiary/aromatic N) is 4. The highest BCUT2D eigenvalue weighted by molar-refractivity contribution is 5.72. The van der Waals surface area contributed by atoms with Crippen molar-refractivity contribution in [2.45, 2.75) is 12.8 Å². The third-order valence-electron chi connectivity index (χ3n) is 3.44. The van der Waals surface area contributed by atoms with E-state index in [4.69, 9.17) is 9.47 Å². The molecule has 0 saturated heterocycles. The lowest BCUT2D eigenvalue weighted by atomic mass is 10.1. The molecule has 24 heavy (non-hydrogen) atoms. The molecule has 0 fully saturated rings. The highest BCUT2D eigenvalue weighted by atomic mass is 16.5. The first kappa shape index (κ1) is 15.7. The van der Waals surface area contributed by atoms with Crippen molar-refractivity contribution in [3.8, 4) is 17.2 Å². The standard InChI is InChI=1S/C17H16N4O3/c1-23-15-8-5-13(6-9-15)7-10-17(22)24-16-4-2-3-14(11-16)21-12-18-19-20-21/h2-6,8-9,11-12H,7,10H2,1H3. The Hall–Kier alpha value is -3.22. The molecular weight excluding hydrogens is 308 g/mol. The van der Waals surface area contributed by atoms with Crippen LogP contribution in [0.5, 0.6) is 11.5 Å². The Morgan fingerprint density at radius 1 is 1.12 bits per heavy atom. The average molecular weight is 324 g/mol. The normalized spacial score (nSPS) is 10.4. The molecule has 0 amide bonds. The molecule has 0 bridgehead atoms. The van der Waals surface area contributed by atoms with Gasteiger partial charge in [0.15, 0.2) is 0 Å². The molecule has 0 aliphatic rings. The van der Waals surface area contributed by atoms with Gasteiger partial charge in [-0.3, -0.25) is 4.79 Å². The number of esters is 1. The second-order valence-electron chi connectivity index (χ2n) is 5.07. The van der Waals surface area contributed by atoms with Crippen LogP contribution in [0.4, 0.5) is 0 Å². The second kappa shape index (κ2) is 7.36. The maximum Gasteiger partial charge on any atom is 0.311 e. The van der Waals surface area contributed by atoms with E-state index in [-0.39, 0.29) is 5.97 Å². The van der Waals surface area contributed by atoms with Gasteiger partial charge in [0, 0.05) is 12.5 Å². The van der Waals surface area contributed by atoms with E-state index in [2.05, 4.69) is 15.5 Å². The number of carbonyl (C=O) groups excluding carboxylic acids is 1. The summed E-state index contributed by atoms with van der Waals surface area (Å²) in [6.07, 6.45) is 2.38. The SMILES string of the molecule is COc1ccc(CCC(=O)Oc2cccc(-n3cnnn3)c2)cc1. The van der Waals surface area contributed by atoms with Crippen LogP contribution in [0.1, 0.15) is 12.0 Å². The fourth-order valence-corrected chi connectivity index (χ4v) is 2.19. The van der Waals surface area contributed by atoms with E-state index in [1.54, 1.807) is 25.3 Å². The topological polar surface area (TPSA) is 79.1 Å². The Kier molecular flexibility index (Phi) is 4.81. The average Bonchev–Trinajstić information content (AvgIpc) is 3.15. The third kappa shape index (κ3) is 3.95. The minimum atomic E-state index is -0.292. The van der Waals surface area contributed by atoms with Gasteiger partial charge < -0.3 is 9.47 Å². The molecule has 0 aliphatic heterocycles. The number of hydrogen-bond donors (Lipinski definition) is 0. The number of hydrogen-bond acceptors (Lipinski definition) is 6. The maximum atomic E-state index is 12.0. The maximum absolute atomic E-state index is 12.0. The summed E-state index contributed by atoms with van der Waals surface area (Å²) in [5.74, 6) is 0.961. The van der Waals surface area contributed by atoms with Crippen LogP contribution in [0.3, 0.4) is 0 Å². The van der Waals surface area contributed by atoms with Crippen LogP contribution < -0.4 is 9.47 Å². The summed E-state index contributed by atoms with van der Waals surface area (Å²) in [7, 11) is 1.62. The molecule has 3 rings (SSSR count). The number of tetrazole rings is 1. The largest absolute Gasteiger partial charge is 0.497 e. The van der Waals surface area contributed by atoms with Crippen LogP contribution in [-0.2, 0) is 11.2 Å². The molecule has 7 nitrogen and oxygen atoms in total. The zero-order valence-electron chi connectivity index (χ0n) is 13.1. The van der Waals surface area contributed by atoms with Crippen LogP contribution in [0.15, 0.2) is 54.9 Å². The van der Waals surface area contributed by atoms with Crippen LogP contribution >= 0.6 is 0 Å². The van der Waals surface area contributed by atoms with Crippen molar-refractivity contribution in [3.05, 3.63) is 60.4 Å². The summed E-state index contributed by atoms with van der Waals surface area (Å²) in [6.45, 7) is 0. The predicted molar refractivity (Wildman–Crippen MR) is 86.1 cm³/mol. The molecule has 0 N–H and O–H groups in total. The molecule has 7 heteroatoms. The molecule has 3 aromatic rings. The fourth-order valence-electron chi connectivity index (χ4n) is 2.19. The van der Waals surface area contributed by atoms with Gasteiger partial charge in [0.2, 0.25) is 0 Å². The van der Waals surface area contributed by atoms with E-state index in [0.29, 0.717) is 18.6 Å². The first-order valence-electron chi connectivity index (χ1n) is 7.41. The van der Waals surface area contributed by atoms with Gasteiger partial charge in [0.1, 0.15) is 17.8 Å². The van der Waals surface area contributed by atoms with E-state index in [1.807, 2.05) is 30.3 Å². The Balaban J connectivity index is 1.57. The molecule has 0 aliphatic carbocycles. The summed E-state index contributed by atoms with van der Waals surface area (Å²) in [6, 6.07) is 14.6. The van der Waals surface area contributed by atoms with Gasteiger partial charge >= 0.3 is 5.97 Å². The quantitative estimate of drug-likeness (QED) is 0.511. The third-order valence-corrected chi connectivity index (χ3v) is 3.44. The number of benzene rings is 2. The van der Waals surface area contributed by atoms with Crippen molar-refractivity contribution in [1.82, 2.24) is 20.2 Å². The van der Waals surface area contributed by atoms with Gasteiger partial charge in [0.05, 0.1) is 12.8 Å². The van der Waals surface area contributed by atoms with Crippen molar-refractivity contribution in [2.24, 2.45) is 0 Å². The van der Waals surface area contributed by atoms with E-state index in [1.165, 1.54) is 11.0 Å². The number of aromatic nitrogens is 4. The zero-order valence-corrected chi connectivity index (χ0v) is 13.1. The molecule has 1 aromatic heterocycles. The van der Waals surface area contributed by atoms with Crippen LogP contribution in [0, 0.1) is 0 Å². The Morgan fingerprint density at radius 3 is 2.67 bits per heavy atom. The highest BCUT2D eigenvalue weighted by Crippen LogP contribution is 2.17. The minimum Gasteiger partial charge on any atom is -0.497 e. The van der Waals surface area contributed by atoms with Gasteiger partial charge in [-0.1, -0.05) is 18.2 Å². The number of carbonyl (C=O) groups is 1. The van der Waals surface area contributed by atoms with Crippen LogP contribution in [0.25, 0.3) is 5.69 Å². The number of rotatable bonds is 6. The summed E-state index contributed by atoms with van der Waals surface area (Å²) in [5.41, 5.74) is 1.77. The van der Waals surface area contributed by atoms with Gasteiger partial charge in [-0.05, 0) is 46.7 Å². The summed E-state index contributed by atoms with van der Waals surface area (Å²) >= 11 is 0. The molecular formula is C17H16N4O3. The van der Waals surface area contributed by atoms with Gasteiger partial charge in [-0.15, -0.1) is 5.10 Å².